The summed E-state index contributed by atoms with van der Waals surface area (Å²) in [6.07, 6.45) is 2.91. The molecule has 1 fully saturated rings. The van der Waals surface area contributed by atoms with E-state index in [4.69, 9.17) is 5.11 Å². The number of hydrogen-bond donors (Lipinski definition) is 1. The number of hydrogen-bond acceptors (Lipinski definition) is 4. The maximum Gasteiger partial charge on any atom is 0.0457 e. The molecule has 0 spiro atoms. The third-order valence-corrected chi connectivity index (χ3v) is 4.10. The van der Waals surface area contributed by atoms with Gasteiger partial charge in [0.25, 0.3) is 0 Å². The van der Waals surface area contributed by atoms with Crippen molar-refractivity contribution in [3.63, 3.8) is 0 Å². The number of pyridine rings is 1. The van der Waals surface area contributed by atoms with E-state index in [1.807, 2.05) is 6.20 Å². The first-order valence-electron chi connectivity index (χ1n) is 8.00. The molecule has 0 saturated carbocycles. The zero-order chi connectivity index (χ0) is 15.3. The lowest BCUT2D eigenvalue weighted by Crippen LogP contribution is -2.46. The molecular formula is C17H29N3O. The van der Waals surface area contributed by atoms with Crippen molar-refractivity contribution in [3.8, 4) is 0 Å². The van der Waals surface area contributed by atoms with Gasteiger partial charge in [0, 0.05) is 63.2 Å². The summed E-state index contributed by atoms with van der Waals surface area (Å²) in [4.78, 5) is 9.53. The van der Waals surface area contributed by atoms with E-state index in [1.165, 1.54) is 5.56 Å². The molecular weight excluding hydrogens is 262 g/mol. The zero-order valence-electron chi connectivity index (χ0n) is 13.7. The molecule has 4 nitrogen and oxygen atoms in total. The Morgan fingerprint density at radius 1 is 1.10 bits per heavy atom. The summed E-state index contributed by atoms with van der Waals surface area (Å²) in [6, 6.07) is 4.37. The lowest BCUT2D eigenvalue weighted by Gasteiger charge is -2.34. The van der Waals surface area contributed by atoms with E-state index in [2.05, 4.69) is 47.7 Å². The summed E-state index contributed by atoms with van der Waals surface area (Å²) in [6.45, 7) is 13.3. The van der Waals surface area contributed by atoms with E-state index in [9.17, 15) is 0 Å². The third kappa shape index (κ3) is 5.06. The second-order valence-electron chi connectivity index (χ2n) is 7.00. The van der Waals surface area contributed by atoms with E-state index in [0.29, 0.717) is 6.61 Å². The van der Waals surface area contributed by atoms with Gasteiger partial charge in [-0.1, -0.05) is 26.8 Å². The molecule has 2 rings (SSSR count). The standard InChI is InChI=1S/C17H29N3O/c1-17(2,3)16-6-5-15(13-18-16)14-20-10-8-19(9-11-20)7-4-12-21/h5-6,13,21H,4,7-12,14H2,1-3H3. The van der Waals surface area contributed by atoms with Gasteiger partial charge in [-0.05, 0) is 18.1 Å². The lowest BCUT2D eigenvalue weighted by atomic mass is 9.91. The maximum absolute atomic E-state index is 8.88. The van der Waals surface area contributed by atoms with Crippen molar-refractivity contribution < 1.29 is 5.11 Å². The Morgan fingerprint density at radius 2 is 1.76 bits per heavy atom. The van der Waals surface area contributed by atoms with Crippen molar-refractivity contribution in [2.45, 2.75) is 39.2 Å². The quantitative estimate of drug-likeness (QED) is 0.899. The first-order valence-corrected chi connectivity index (χ1v) is 8.00. The number of rotatable bonds is 5. The molecule has 0 aliphatic carbocycles. The molecule has 21 heavy (non-hydrogen) atoms. The van der Waals surface area contributed by atoms with Gasteiger partial charge in [-0.15, -0.1) is 0 Å². The highest BCUT2D eigenvalue weighted by molar-refractivity contribution is 5.19. The second kappa shape index (κ2) is 7.34. The van der Waals surface area contributed by atoms with E-state index in [-0.39, 0.29) is 5.41 Å². The van der Waals surface area contributed by atoms with E-state index in [1.54, 1.807) is 0 Å². The minimum absolute atomic E-state index is 0.122. The van der Waals surface area contributed by atoms with E-state index >= 15 is 0 Å². The fourth-order valence-electron chi connectivity index (χ4n) is 2.69. The van der Waals surface area contributed by atoms with Crippen LogP contribution in [0.3, 0.4) is 0 Å². The van der Waals surface area contributed by atoms with Gasteiger partial charge in [-0.2, -0.15) is 0 Å². The van der Waals surface area contributed by atoms with Crippen LogP contribution in [0.1, 0.15) is 38.4 Å². The summed E-state index contributed by atoms with van der Waals surface area (Å²) < 4.78 is 0. The number of aromatic nitrogens is 1. The van der Waals surface area contributed by atoms with Crippen LogP contribution >= 0.6 is 0 Å². The number of aliphatic hydroxyl groups is 1. The molecule has 1 N–H and O–H groups in total. The van der Waals surface area contributed by atoms with Crippen LogP contribution in [0.2, 0.25) is 0 Å². The Balaban J connectivity index is 1.81. The third-order valence-electron chi connectivity index (χ3n) is 4.10. The van der Waals surface area contributed by atoms with Gasteiger partial charge in [0.1, 0.15) is 0 Å². The first kappa shape index (κ1) is 16.4. The van der Waals surface area contributed by atoms with Crippen LogP contribution in [0, 0.1) is 0 Å². The van der Waals surface area contributed by atoms with Crippen LogP contribution < -0.4 is 0 Å². The van der Waals surface area contributed by atoms with Crippen LogP contribution in [0.15, 0.2) is 18.3 Å². The molecule has 1 saturated heterocycles. The van der Waals surface area contributed by atoms with Crippen LogP contribution in [0.25, 0.3) is 0 Å². The topological polar surface area (TPSA) is 39.6 Å². The molecule has 1 aliphatic heterocycles. The van der Waals surface area contributed by atoms with Crippen molar-refractivity contribution in [2.75, 3.05) is 39.3 Å². The van der Waals surface area contributed by atoms with Crippen molar-refractivity contribution in [1.29, 1.82) is 0 Å². The average Bonchev–Trinajstić information content (AvgIpc) is 2.46. The maximum atomic E-state index is 8.88. The zero-order valence-corrected chi connectivity index (χ0v) is 13.7. The molecule has 118 valence electrons. The molecule has 0 radical (unpaired) electrons. The first-order chi connectivity index (χ1) is 9.99. The van der Waals surface area contributed by atoms with Gasteiger partial charge in [0.05, 0.1) is 0 Å². The fraction of sp³-hybridized carbons (Fsp3) is 0.706. The number of aliphatic hydroxyl groups excluding tert-OH is 1. The normalized spacial score (nSPS) is 18.1. The average molecular weight is 291 g/mol. The molecule has 1 aromatic heterocycles. The summed E-state index contributed by atoms with van der Waals surface area (Å²) in [5, 5.41) is 8.88. The molecule has 0 bridgehead atoms. The molecule has 0 unspecified atom stereocenters. The van der Waals surface area contributed by atoms with Gasteiger partial charge in [-0.25, -0.2) is 0 Å². The highest BCUT2D eigenvalue weighted by Gasteiger charge is 2.18. The monoisotopic (exact) mass is 291 g/mol. The number of piperazine rings is 1. The predicted molar refractivity (Wildman–Crippen MR) is 86.4 cm³/mol. The molecule has 1 aliphatic rings. The second-order valence-corrected chi connectivity index (χ2v) is 7.00. The van der Waals surface area contributed by atoms with Crippen molar-refractivity contribution in [2.24, 2.45) is 0 Å². The minimum atomic E-state index is 0.122. The van der Waals surface area contributed by atoms with Crippen LogP contribution in [0.4, 0.5) is 0 Å². The minimum Gasteiger partial charge on any atom is -0.396 e. The SMILES string of the molecule is CC(C)(C)c1ccc(CN2CCN(CCCO)CC2)cn1. The lowest BCUT2D eigenvalue weighted by molar-refractivity contribution is 0.120. The molecule has 2 heterocycles. The largest absolute Gasteiger partial charge is 0.396 e. The smallest absolute Gasteiger partial charge is 0.0457 e. The van der Waals surface area contributed by atoms with Gasteiger partial charge in [-0.3, -0.25) is 9.88 Å². The molecule has 0 aromatic carbocycles. The van der Waals surface area contributed by atoms with Gasteiger partial charge < -0.3 is 10.0 Å². The predicted octanol–water partition coefficient (Wildman–Crippen LogP) is 1.88. The van der Waals surface area contributed by atoms with Gasteiger partial charge in [0.2, 0.25) is 0 Å². The Morgan fingerprint density at radius 3 is 2.29 bits per heavy atom. The van der Waals surface area contributed by atoms with Crippen LogP contribution in [-0.4, -0.2) is 59.2 Å². The Bertz CT molecular complexity index is 417. The van der Waals surface area contributed by atoms with Crippen molar-refractivity contribution in [1.82, 2.24) is 14.8 Å². The Labute approximate surface area is 128 Å². The molecule has 0 amide bonds. The van der Waals surface area contributed by atoms with E-state index < -0.39 is 0 Å². The summed E-state index contributed by atoms with van der Waals surface area (Å²) >= 11 is 0. The number of nitrogens with zero attached hydrogens (tertiary/aromatic N) is 3. The van der Waals surface area contributed by atoms with Gasteiger partial charge >= 0.3 is 0 Å². The highest BCUT2D eigenvalue weighted by Crippen LogP contribution is 2.20. The molecule has 1 aromatic rings. The Hall–Kier alpha value is -0.970. The van der Waals surface area contributed by atoms with Crippen molar-refractivity contribution >= 4 is 0 Å². The molecule has 4 heteroatoms. The van der Waals surface area contributed by atoms with Crippen molar-refractivity contribution in [3.05, 3.63) is 29.6 Å². The Kier molecular flexibility index (Phi) is 5.73. The van der Waals surface area contributed by atoms with Gasteiger partial charge in [0.15, 0.2) is 0 Å². The van der Waals surface area contributed by atoms with Crippen LogP contribution in [0.5, 0.6) is 0 Å². The van der Waals surface area contributed by atoms with E-state index in [0.717, 1.165) is 51.4 Å². The summed E-state index contributed by atoms with van der Waals surface area (Å²) in [7, 11) is 0. The van der Waals surface area contributed by atoms with Crippen LogP contribution in [-0.2, 0) is 12.0 Å². The molecule has 0 atom stereocenters. The highest BCUT2D eigenvalue weighted by atomic mass is 16.3. The fourth-order valence-corrected chi connectivity index (χ4v) is 2.69. The summed E-state index contributed by atoms with van der Waals surface area (Å²) in [5.41, 5.74) is 2.57. The summed E-state index contributed by atoms with van der Waals surface area (Å²) in [5.74, 6) is 0.